The Labute approximate surface area is 257 Å². The number of aliphatic imine (C=N–C) groups is 2. The van der Waals surface area contributed by atoms with Gasteiger partial charge in [0.1, 0.15) is 11.2 Å². The first-order valence-corrected chi connectivity index (χ1v) is 15.5. The van der Waals surface area contributed by atoms with E-state index in [-0.39, 0.29) is 6.17 Å². The molecule has 0 saturated carbocycles. The zero-order valence-corrected chi connectivity index (χ0v) is 24.3. The molecule has 0 aliphatic carbocycles. The average molecular weight is 583 g/mol. The highest BCUT2D eigenvalue weighted by Gasteiger charge is 2.16. The summed E-state index contributed by atoms with van der Waals surface area (Å²) in [6, 6.07) is 48.3. The summed E-state index contributed by atoms with van der Waals surface area (Å²) in [6.45, 7) is 0. The van der Waals surface area contributed by atoms with Crippen molar-refractivity contribution >= 4 is 65.1 Å². The number of rotatable bonds is 4. The Morgan fingerprint density at radius 3 is 2.07 bits per heavy atom. The number of hydrogen-bond donors (Lipinski definition) is 0. The molecule has 0 saturated heterocycles. The highest BCUT2D eigenvalue weighted by Crippen LogP contribution is 2.41. The van der Waals surface area contributed by atoms with Crippen LogP contribution < -0.4 is 0 Å². The SMILES string of the molecule is c1ccc(C2=NC(c3ccccc3)[N-]C(c3ccc4c(c3)oc3cc(-c5cccc6sc7ccccc7c56)ccc34)=N2)cc1. The van der Waals surface area contributed by atoms with E-state index in [1.165, 1.54) is 25.7 Å². The van der Waals surface area contributed by atoms with Crippen LogP contribution in [0.2, 0.25) is 0 Å². The summed E-state index contributed by atoms with van der Waals surface area (Å²) in [5.74, 6) is 1.32. The van der Waals surface area contributed by atoms with Gasteiger partial charge in [-0.2, -0.15) is 0 Å². The lowest BCUT2D eigenvalue weighted by Gasteiger charge is -2.32. The molecule has 0 radical (unpaired) electrons. The molecular weight excluding hydrogens is 559 g/mol. The summed E-state index contributed by atoms with van der Waals surface area (Å²) in [6.07, 6.45) is -0.372. The summed E-state index contributed by atoms with van der Waals surface area (Å²) in [5, 5.41) is 9.74. The minimum atomic E-state index is -0.372. The summed E-state index contributed by atoms with van der Waals surface area (Å²) in [4.78, 5) is 9.83. The molecule has 1 aliphatic rings. The van der Waals surface area contributed by atoms with Crippen LogP contribution in [0.15, 0.2) is 154 Å². The molecule has 1 atom stereocenters. The standard InChI is InChI=1S/C39H24N3OS/c1-3-10-24(11-4-1)37-40-38(25-12-5-2-6-13-25)42-39(41-37)27-19-21-30-29-20-18-26(22-32(29)43-33(30)23-27)28-15-9-17-35-36(28)31-14-7-8-16-34(31)44-35/h1-23,37H/q-1. The summed E-state index contributed by atoms with van der Waals surface area (Å²) >= 11 is 1.84. The van der Waals surface area contributed by atoms with Crippen LogP contribution in [0, 0.1) is 0 Å². The smallest absolute Gasteiger partial charge is 0.136 e. The van der Waals surface area contributed by atoms with Gasteiger partial charge in [0.2, 0.25) is 0 Å². The van der Waals surface area contributed by atoms with Crippen LogP contribution >= 0.6 is 11.3 Å². The van der Waals surface area contributed by atoms with E-state index in [1.807, 2.05) is 59.9 Å². The van der Waals surface area contributed by atoms with E-state index in [1.54, 1.807) is 0 Å². The van der Waals surface area contributed by atoms with Gasteiger partial charge in [0.25, 0.3) is 0 Å². The third-order valence-corrected chi connectivity index (χ3v) is 9.41. The van der Waals surface area contributed by atoms with E-state index in [4.69, 9.17) is 19.7 Å². The van der Waals surface area contributed by atoms with Crippen molar-refractivity contribution in [3.63, 3.8) is 0 Å². The fraction of sp³-hybridized carbons (Fsp3) is 0.0256. The fourth-order valence-corrected chi connectivity index (χ4v) is 7.29. The minimum absolute atomic E-state index is 0.372. The van der Waals surface area contributed by atoms with Gasteiger partial charge < -0.3 is 14.7 Å². The largest absolute Gasteiger partial charge is 0.456 e. The predicted molar refractivity (Wildman–Crippen MR) is 184 cm³/mol. The lowest BCUT2D eigenvalue weighted by Crippen LogP contribution is -2.15. The molecule has 0 N–H and O–H groups in total. The number of fused-ring (bicyclic) bond motifs is 6. The van der Waals surface area contributed by atoms with Crippen LogP contribution in [-0.2, 0) is 0 Å². The molecule has 3 heterocycles. The Balaban J connectivity index is 1.14. The molecule has 0 fully saturated rings. The number of benzene rings is 6. The molecule has 0 amide bonds. The minimum Gasteiger partial charge on any atom is -0.456 e. The van der Waals surface area contributed by atoms with E-state index >= 15 is 0 Å². The maximum Gasteiger partial charge on any atom is 0.136 e. The maximum absolute atomic E-state index is 6.53. The molecule has 208 valence electrons. The summed E-state index contributed by atoms with van der Waals surface area (Å²) in [7, 11) is 0. The zero-order valence-electron chi connectivity index (χ0n) is 23.5. The van der Waals surface area contributed by atoms with E-state index in [9.17, 15) is 0 Å². The van der Waals surface area contributed by atoms with Crippen molar-refractivity contribution in [2.24, 2.45) is 9.98 Å². The predicted octanol–water partition coefficient (Wildman–Crippen LogP) is 10.9. The van der Waals surface area contributed by atoms with Gasteiger partial charge in [-0.3, -0.25) is 4.99 Å². The van der Waals surface area contributed by atoms with Crippen LogP contribution in [0.4, 0.5) is 0 Å². The van der Waals surface area contributed by atoms with E-state index < -0.39 is 0 Å². The molecule has 44 heavy (non-hydrogen) atoms. The molecule has 8 aromatic rings. The molecule has 9 rings (SSSR count). The highest BCUT2D eigenvalue weighted by atomic mass is 32.1. The van der Waals surface area contributed by atoms with Gasteiger partial charge in [0, 0.05) is 30.9 Å². The quantitative estimate of drug-likeness (QED) is 0.204. The Morgan fingerprint density at radius 1 is 0.568 bits per heavy atom. The van der Waals surface area contributed by atoms with Crippen molar-refractivity contribution in [2.45, 2.75) is 6.17 Å². The van der Waals surface area contributed by atoms with Gasteiger partial charge >= 0.3 is 0 Å². The van der Waals surface area contributed by atoms with Crippen LogP contribution in [0.25, 0.3) is 58.6 Å². The van der Waals surface area contributed by atoms with Crippen LogP contribution in [0.1, 0.15) is 22.9 Å². The first kappa shape index (κ1) is 25.0. The number of amidine groups is 2. The molecule has 5 heteroatoms. The lowest BCUT2D eigenvalue weighted by molar-refractivity contribution is 0.669. The second kappa shape index (κ2) is 10.0. The van der Waals surface area contributed by atoms with Crippen LogP contribution in [0.5, 0.6) is 0 Å². The van der Waals surface area contributed by atoms with Crippen molar-refractivity contribution in [2.75, 3.05) is 0 Å². The Bertz CT molecular complexity index is 2420. The molecule has 0 bridgehead atoms. The first-order chi connectivity index (χ1) is 21.8. The van der Waals surface area contributed by atoms with E-state index in [0.29, 0.717) is 11.7 Å². The normalized spacial score (nSPS) is 15.0. The molecular formula is C39H24N3OS-. The molecule has 6 aromatic carbocycles. The summed E-state index contributed by atoms with van der Waals surface area (Å²) in [5.41, 5.74) is 6.93. The molecule has 4 nitrogen and oxygen atoms in total. The van der Waals surface area contributed by atoms with Gasteiger partial charge in [-0.15, -0.1) is 11.3 Å². The van der Waals surface area contributed by atoms with Crippen molar-refractivity contribution < 1.29 is 4.42 Å². The Kier molecular flexibility index (Phi) is 5.71. The lowest BCUT2D eigenvalue weighted by atomic mass is 9.98. The van der Waals surface area contributed by atoms with Crippen LogP contribution in [-0.4, -0.2) is 11.7 Å². The zero-order chi connectivity index (χ0) is 29.0. The van der Waals surface area contributed by atoms with Gasteiger partial charge in [-0.1, -0.05) is 109 Å². The number of hydrogen-bond acceptors (Lipinski definition) is 4. The van der Waals surface area contributed by atoms with Gasteiger partial charge in [0.15, 0.2) is 0 Å². The Morgan fingerprint density at radius 2 is 1.25 bits per heavy atom. The van der Waals surface area contributed by atoms with Crippen molar-refractivity contribution in [3.05, 3.63) is 162 Å². The summed E-state index contributed by atoms with van der Waals surface area (Å²) < 4.78 is 9.12. The second-order valence-electron chi connectivity index (χ2n) is 11.0. The molecule has 1 aliphatic heterocycles. The van der Waals surface area contributed by atoms with Crippen molar-refractivity contribution in [1.29, 1.82) is 0 Å². The van der Waals surface area contributed by atoms with Gasteiger partial charge in [-0.25, -0.2) is 0 Å². The second-order valence-corrected chi connectivity index (χ2v) is 12.1. The number of thiophene rings is 1. The fourth-order valence-electron chi connectivity index (χ4n) is 6.16. The van der Waals surface area contributed by atoms with Gasteiger partial charge in [-0.05, 0) is 64.2 Å². The van der Waals surface area contributed by atoms with Gasteiger partial charge in [0.05, 0.1) is 12.0 Å². The van der Waals surface area contributed by atoms with Crippen molar-refractivity contribution in [3.8, 4) is 11.1 Å². The number of furan rings is 1. The first-order valence-electron chi connectivity index (χ1n) is 14.6. The Hall–Kier alpha value is -5.52. The maximum atomic E-state index is 6.53. The van der Waals surface area contributed by atoms with E-state index in [0.717, 1.165) is 44.2 Å². The third kappa shape index (κ3) is 4.13. The topological polar surface area (TPSA) is 52.0 Å². The number of nitrogens with zero attached hydrogens (tertiary/aromatic N) is 3. The molecule has 2 aromatic heterocycles. The monoisotopic (exact) mass is 582 g/mol. The highest BCUT2D eigenvalue weighted by molar-refractivity contribution is 7.25. The molecule has 1 unspecified atom stereocenters. The van der Waals surface area contributed by atoms with E-state index in [2.05, 4.69) is 91.0 Å². The average Bonchev–Trinajstić information content (AvgIpc) is 3.66. The molecule has 0 spiro atoms. The van der Waals surface area contributed by atoms with Crippen LogP contribution in [0.3, 0.4) is 0 Å². The van der Waals surface area contributed by atoms with Crippen molar-refractivity contribution in [1.82, 2.24) is 0 Å². The third-order valence-electron chi connectivity index (χ3n) is 8.28.